The predicted octanol–water partition coefficient (Wildman–Crippen LogP) is 2.42. The highest BCUT2D eigenvalue weighted by molar-refractivity contribution is 5.97. The van der Waals surface area contributed by atoms with Crippen LogP contribution in [0.4, 0.5) is 0 Å². The van der Waals surface area contributed by atoms with Gasteiger partial charge in [-0.2, -0.15) is 0 Å². The predicted molar refractivity (Wildman–Crippen MR) is 134 cm³/mol. The molecule has 3 aliphatic rings. The SMILES string of the molecule is C[C@@H]1C(NCc2ccc(C#Cc3ccc(C(=O)N[C@@H](CN)C(=O)NO)cc3)cc2)C2C[C@@H]1C2(C)C. The Bertz CT molecular complexity index is 1130. The number of hydrogen-bond acceptors (Lipinski definition) is 5. The smallest absolute Gasteiger partial charge is 0.267 e. The molecule has 0 saturated heterocycles. The van der Waals surface area contributed by atoms with Crippen molar-refractivity contribution in [2.24, 2.45) is 28.9 Å². The monoisotopic (exact) mass is 474 g/mol. The van der Waals surface area contributed by atoms with Crippen LogP contribution in [0.5, 0.6) is 0 Å². The maximum absolute atomic E-state index is 12.3. The van der Waals surface area contributed by atoms with Gasteiger partial charge in [-0.15, -0.1) is 0 Å². The van der Waals surface area contributed by atoms with Gasteiger partial charge in [-0.25, -0.2) is 5.48 Å². The summed E-state index contributed by atoms with van der Waals surface area (Å²) in [5.74, 6) is 7.42. The fraction of sp³-hybridized carbons (Fsp3) is 0.429. The Morgan fingerprint density at radius 1 is 1.06 bits per heavy atom. The molecule has 0 aromatic heterocycles. The van der Waals surface area contributed by atoms with E-state index in [9.17, 15) is 9.59 Å². The van der Waals surface area contributed by atoms with Gasteiger partial charge in [0.1, 0.15) is 6.04 Å². The topological polar surface area (TPSA) is 116 Å². The van der Waals surface area contributed by atoms with Gasteiger partial charge in [-0.05, 0) is 71.6 Å². The van der Waals surface area contributed by atoms with E-state index in [-0.39, 0.29) is 6.54 Å². The first-order valence-corrected chi connectivity index (χ1v) is 12.1. The van der Waals surface area contributed by atoms with Crippen molar-refractivity contribution in [1.82, 2.24) is 16.1 Å². The number of carbonyl (C=O) groups is 2. The molecular formula is C28H34N4O3. The molecule has 0 radical (unpaired) electrons. The lowest BCUT2D eigenvalue weighted by atomic mass is 9.60. The Morgan fingerprint density at radius 2 is 1.66 bits per heavy atom. The van der Waals surface area contributed by atoms with Crippen LogP contribution in [0.2, 0.25) is 0 Å². The van der Waals surface area contributed by atoms with Crippen molar-refractivity contribution in [2.75, 3.05) is 6.54 Å². The first-order chi connectivity index (χ1) is 16.7. The van der Waals surface area contributed by atoms with Gasteiger partial charge < -0.3 is 16.4 Å². The molecule has 6 N–H and O–H groups in total. The molecule has 0 aliphatic heterocycles. The number of amides is 2. The minimum atomic E-state index is -1.01. The van der Waals surface area contributed by atoms with Crippen LogP contribution in [0.3, 0.4) is 0 Å². The number of rotatable bonds is 7. The Kier molecular flexibility index (Phi) is 7.27. The van der Waals surface area contributed by atoms with Crippen molar-refractivity contribution < 1.29 is 14.8 Å². The fourth-order valence-corrected chi connectivity index (χ4v) is 5.78. The molecule has 3 fully saturated rings. The second-order valence-corrected chi connectivity index (χ2v) is 10.3. The van der Waals surface area contributed by atoms with Crippen LogP contribution in [-0.4, -0.2) is 35.7 Å². The highest BCUT2D eigenvalue weighted by Gasteiger charge is 2.61. The van der Waals surface area contributed by atoms with Gasteiger partial charge in [-0.1, -0.05) is 44.7 Å². The maximum atomic E-state index is 12.3. The molecule has 2 unspecified atom stereocenters. The standard InChI is InChI=1S/C28H34N4O3/c1-17-22-14-23(28(22,2)3)25(17)30-16-20-8-6-18(7-9-20)4-5-19-10-12-21(13-11-19)26(33)31-24(15-29)27(34)32-35/h6-13,17,22-25,30,35H,14-16,29H2,1-3H3,(H,31,33)(H,32,34)/t17-,22-,23?,24-,25?/m0/s1. The van der Waals surface area contributed by atoms with Gasteiger partial charge in [0.2, 0.25) is 0 Å². The van der Waals surface area contributed by atoms with Crippen molar-refractivity contribution >= 4 is 11.8 Å². The maximum Gasteiger partial charge on any atom is 0.267 e. The zero-order valence-electron chi connectivity index (χ0n) is 20.5. The third-order valence-electron chi connectivity index (χ3n) is 8.02. The van der Waals surface area contributed by atoms with E-state index in [0.717, 1.165) is 35.4 Å². The van der Waals surface area contributed by atoms with Crippen LogP contribution in [-0.2, 0) is 11.3 Å². The summed E-state index contributed by atoms with van der Waals surface area (Å²) in [5.41, 5.74) is 10.7. The molecule has 2 aromatic carbocycles. The molecule has 2 bridgehead atoms. The largest absolute Gasteiger partial charge is 0.339 e. The summed E-state index contributed by atoms with van der Waals surface area (Å²) in [7, 11) is 0. The number of nitrogens with two attached hydrogens (primary N) is 1. The van der Waals surface area contributed by atoms with Crippen LogP contribution < -0.4 is 21.8 Å². The van der Waals surface area contributed by atoms with E-state index in [1.807, 2.05) is 12.1 Å². The number of carbonyl (C=O) groups excluding carboxylic acids is 2. The molecule has 2 aromatic rings. The summed E-state index contributed by atoms with van der Waals surface area (Å²) >= 11 is 0. The quantitative estimate of drug-likeness (QED) is 0.240. The summed E-state index contributed by atoms with van der Waals surface area (Å²) in [6, 6.07) is 14.7. The van der Waals surface area contributed by atoms with Gasteiger partial charge >= 0.3 is 0 Å². The van der Waals surface area contributed by atoms with E-state index in [1.165, 1.54) is 17.5 Å². The molecule has 2 amide bonds. The number of benzene rings is 2. The fourth-order valence-electron chi connectivity index (χ4n) is 5.78. The van der Waals surface area contributed by atoms with Crippen LogP contribution in [0.1, 0.15) is 54.2 Å². The lowest BCUT2D eigenvalue weighted by Gasteiger charge is -2.45. The average molecular weight is 475 g/mol. The Labute approximate surface area is 206 Å². The van der Waals surface area contributed by atoms with Crippen molar-refractivity contribution in [2.45, 2.75) is 45.8 Å². The molecule has 7 heteroatoms. The third kappa shape index (κ3) is 5.10. The lowest BCUT2D eigenvalue weighted by molar-refractivity contribution is -0.130. The van der Waals surface area contributed by atoms with Crippen LogP contribution in [0.15, 0.2) is 48.5 Å². The zero-order chi connectivity index (χ0) is 25.2. The van der Waals surface area contributed by atoms with Crippen LogP contribution in [0.25, 0.3) is 0 Å². The lowest BCUT2D eigenvalue weighted by Crippen LogP contribution is -2.50. The molecule has 0 spiro atoms. The Hall–Kier alpha value is -3.18. The first kappa shape index (κ1) is 24.9. The molecule has 5 rings (SSSR count). The van der Waals surface area contributed by atoms with E-state index in [1.54, 1.807) is 24.3 Å². The van der Waals surface area contributed by atoms with Crippen molar-refractivity contribution in [3.8, 4) is 11.8 Å². The summed E-state index contributed by atoms with van der Waals surface area (Å²) in [4.78, 5) is 23.8. The normalized spacial score (nSPS) is 24.5. The summed E-state index contributed by atoms with van der Waals surface area (Å²) in [6.45, 7) is 7.96. The molecule has 3 aliphatic carbocycles. The van der Waals surface area contributed by atoms with Crippen LogP contribution in [0, 0.1) is 35.0 Å². The number of hydrogen-bond donors (Lipinski definition) is 5. The number of fused-ring (bicyclic) bond motifs is 1. The molecule has 184 valence electrons. The van der Waals surface area contributed by atoms with E-state index in [0.29, 0.717) is 17.0 Å². The van der Waals surface area contributed by atoms with Crippen LogP contribution >= 0.6 is 0 Å². The number of hydroxylamine groups is 1. The second-order valence-electron chi connectivity index (χ2n) is 10.3. The number of nitrogens with one attached hydrogen (secondary N) is 3. The summed E-state index contributed by atoms with van der Waals surface area (Å²) in [6.07, 6.45) is 1.36. The zero-order valence-corrected chi connectivity index (χ0v) is 20.5. The average Bonchev–Trinajstić information content (AvgIpc) is 3.32. The molecule has 0 heterocycles. The Balaban J connectivity index is 1.31. The Morgan fingerprint density at radius 3 is 2.14 bits per heavy atom. The van der Waals surface area contributed by atoms with Gasteiger partial charge in [-0.3, -0.25) is 14.8 Å². The van der Waals surface area contributed by atoms with Gasteiger partial charge in [0.25, 0.3) is 11.8 Å². The van der Waals surface area contributed by atoms with Gasteiger partial charge in [0, 0.05) is 35.8 Å². The summed E-state index contributed by atoms with van der Waals surface area (Å²) in [5, 5.41) is 15.0. The second kappa shape index (κ2) is 10.2. The van der Waals surface area contributed by atoms with Gasteiger partial charge in [0.05, 0.1) is 0 Å². The first-order valence-electron chi connectivity index (χ1n) is 12.1. The molecular weight excluding hydrogens is 440 g/mol. The molecule has 3 saturated carbocycles. The van der Waals surface area contributed by atoms with Crippen molar-refractivity contribution in [1.29, 1.82) is 0 Å². The minimum absolute atomic E-state index is 0.130. The molecule has 35 heavy (non-hydrogen) atoms. The highest BCUT2D eigenvalue weighted by Crippen LogP contribution is 2.64. The van der Waals surface area contributed by atoms with Crippen molar-refractivity contribution in [3.05, 3.63) is 70.8 Å². The van der Waals surface area contributed by atoms with Gasteiger partial charge in [0.15, 0.2) is 0 Å². The van der Waals surface area contributed by atoms with Crippen molar-refractivity contribution in [3.63, 3.8) is 0 Å². The summed E-state index contributed by atoms with van der Waals surface area (Å²) < 4.78 is 0. The van der Waals surface area contributed by atoms with E-state index >= 15 is 0 Å². The van der Waals surface area contributed by atoms with E-state index in [4.69, 9.17) is 10.9 Å². The molecule has 5 atom stereocenters. The highest BCUT2D eigenvalue weighted by atomic mass is 16.5. The third-order valence-corrected chi connectivity index (χ3v) is 8.02. The minimum Gasteiger partial charge on any atom is -0.339 e. The van der Waals surface area contributed by atoms with E-state index in [2.05, 4.69) is 55.4 Å². The molecule has 7 nitrogen and oxygen atoms in total. The van der Waals surface area contributed by atoms with E-state index < -0.39 is 17.9 Å².